The van der Waals surface area contributed by atoms with Gasteiger partial charge in [0.15, 0.2) is 10.9 Å². The lowest BCUT2D eigenvalue weighted by atomic mass is 10.0. The minimum Gasteiger partial charge on any atom is -0.349 e. The number of alkyl halides is 3. The van der Waals surface area contributed by atoms with E-state index in [1.807, 2.05) is 0 Å². The van der Waals surface area contributed by atoms with Gasteiger partial charge in [-0.1, -0.05) is 26.0 Å². The van der Waals surface area contributed by atoms with E-state index in [0.29, 0.717) is 29.8 Å². The number of aryl methyl sites for hydroxylation is 1. The highest BCUT2D eigenvalue weighted by Crippen LogP contribution is 2.38. The average Bonchev–Trinajstić information content (AvgIpc) is 2.79. The minimum atomic E-state index is -5.15. The highest BCUT2D eigenvalue weighted by Gasteiger charge is 2.40. The fourth-order valence-electron chi connectivity index (χ4n) is 3.30. The Morgan fingerprint density at radius 2 is 1.72 bits per heavy atom. The van der Waals surface area contributed by atoms with Crippen LogP contribution >= 0.6 is 12.2 Å². The second-order valence-corrected chi connectivity index (χ2v) is 8.91. The van der Waals surface area contributed by atoms with Crippen LogP contribution in [0, 0.1) is 23.1 Å². The van der Waals surface area contributed by atoms with Crippen LogP contribution in [0.5, 0.6) is 0 Å². The molecule has 0 unspecified atom stereocenters. The number of hydrogen-bond acceptors (Lipinski definition) is 4. The molecule has 0 aliphatic heterocycles. The molecule has 36 heavy (non-hydrogen) atoms. The van der Waals surface area contributed by atoms with E-state index in [1.54, 1.807) is 38.4 Å². The molecule has 6 nitrogen and oxygen atoms in total. The van der Waals surface area contributed by atoms with E-state index >= 15 is 4.39 Å². The Hall–Kier alpha value is -3.52. The predicted octanol–water partition coefficient (Wildman–Crippen LogP) is 5.51. The number of nitrogens with one attached hydrogen (secondary N) is 1. The summed E-state index contributed by atoms with van der Waals surface area (Å²) in [5.74, 6) is -3.19. The molecule has 0 fully saturated rings. The number of thiocarbonyl (C=S) groups is 1. The van der Waals surface area contributed by atoms with E-state index in [0.717, 1.165) is 17.7 Å². The first-order valence-electron chi connectivity index (χ1n) is 11.0. The van der Waals surface area contributed by atoms with Gasteiger partial charge in [-0.3, -0.25) is 14.5 Å². The molecule has 0 saturated carbocycles. The minimum absolute atomic E-state index is 0.0252. The first-order chi connectivity index (χ1) is 16.8. The Balaban J connectivity index is 2.31. The van der Waals surface area contributed by atoms with E-state index in [9.17, 15) is 22.8 Å². The lowest BCUT2D eigenvalue weighted by Crippen LogP contribution is -2.43. The monoisotopic (exact) mass is 522 g/mol. The van der Waals surface area contributed by atoms with E-state index in [1.165, 1.54) is 24.8 Å². The van der Waals surface area contributed by atoms with Crippen molar-refractivity contribution in [1.82, 2.24) is 4.90 Å². The van der Waals surface area contributed by atoms with Crippen LogP contribution in [0.2, 0.25) is 0 Å². The van der Waals surface area contributed by atoms with E-state index in [2.05, 4.69) is 5.32 Å². The van der Waals surface area contributed by atoms with Crippen LogP contribution in [-0.2, 0) is 22.2 Å². The normalized spacial score (nSPS) is 11.1. The molecule has 1 N–H and O–H groups in total. The number of nitriles is 1. The maximum Gasteiger partial charge on any atom is 0.420 e. The molecule has 0 atom stereocenters. The van der Waals surface area contributed by atoms with Crippen LogP contribution in [0.15, 0.2) is 36.4 Å². The molecule has 11 heteroatoms. The largest absolute Gasteiger partial charge is 0.420 e. The number of amides is 2. The van der Waals surface area contributed by atoms with E-state index < -0.39 is 40.6 Å². The van der Waals surface area contributed by atoms with Crippen molar-refractivity contribution < 1.29 is 27.2 Å². The molecular formula is C25H26F4N4O2S. The standard InChI is InChI=1S/C25H26F4N4O2S/c1-15(2)23(35)33(19-13-10-17(14-30)21(22(19)26)25(27,28)29)24(36)31-18-11-8-16(9-12-18)6-5-7-20(34)32(3)4/h8-13,15H,5-7H2,1-4H3,(H,31,36). The zero-order valence-electron chi connectivity index (χ0n) is 20.2. The molecular weight excluding hydrogens is 496 g/mol. The molecule has 0 aliphatic carbocycles. The summed E-state index contributed by atoms with van der Waals surface area (Å²) in [6, 6.07) is 9.94. The smallest absolute Gasteiger partial charge is 0.349 e. The van der Waals surface area contributed by atoms with Gasteiger partial charge in [-0.15, -0.1) is 0 Å². The van der Waals surface area contributed by atoms with Crippen LogP contribution in [0.1, 0.15) is 43.4 Å². The van der Waals surface area contributed by atoms with Crippen molar-refractivity contribution in [3.05, 3.63) is 58.9 Å². The molecule has 0 aliphatic rings. The fraction of sp³-hybridized carbons (Fsp3) is 0.360. The zero-order valence-corrected chi connectivity index (χ0v) is 21.1. The van der Waals surface area contributed by atoms with Crippen LogP contribution in [0.25, 0.3) is 0 Å². The summed E-state index contributed by atoms with van der Waals surface area (Å²) in [5.41, 5.74) is -1.99. The zero-order chi connectivity index (χ0) is 27.2. The summed E-state index contributed by atoms with van der Waals surface area (Å²) in [6.45, 7) is 3.00. The van der Waals surface area contributed by atoms with Gasteiger partial charge in [-0.25, -0.2) is 4.39 Å². The molecule has 0 radical (unpaired) electrons. The number of halogens is 4. The van der Waals surface area contributed by atoms with Crippen molar-refractivity contribution >= 4 is 40.5 Å². The summed E-state index contributed by atoms with van der Waals surface area (Å²) in [5, 5.41) is 11.5. The van der Waals surface area contributed by atoms with E-state index in [4.69, 9.17) is 17.5 Å². The van der Waals surface area contributed by atoms with Gasteiger partial charge in [0.1, 0.15) is 5.56 Å². The molecule has 192 valence electrons. The van der Waals surface area contributed by atoms with Gasteiger partial charge in [-0.05, 0) is 54.9 Å². The van der Waals surface area contributed by atoms with Crippen LogP contribution in [-0.4, -0.2) is 35.9 Å². The highest BCUT2D eigenvalue weighted by atomic mass is 32.1. The van der Waals surface area contributed by atoms with Gasteiger partial charge in [0.25, 0.3) is 0 Å². The summed E-state index contributed by atoms with van der Waals surface area (Å²) in [7, 11) is 3.37. The van der Waals surface area contributed by atoms with Crippen molar-refractivity contribution in [2.24, 2.45) is 5.92 Å². The number of rotatable bonds is 7. The lowest BCUT2D eigenvalue weighted by molar-refractivity contribution is -0.140. The first-order valence-corrected chi connectivity index (χ1v) is 11.4. The average molecular weight is 523 g/mol. The number of nitrogens with zero attached hydrogens (tertiary/aromatic N) is 3. The van der Waals surface area contributed by atoms with E-state index in [-0.39, 0.29) is 11.0 Å². The molecule has 0 saturated heterocycles. The molecule has 0 spiro atoms. The summed E-state index contributed by atoms with van der Waals surface area (Å²) in [6.07, 6.45) is -3.45. The third-order valence-corrected chi connectivity index (χ3v) is 5.53. The second-order valence-electron chi connectivity index (χ2n) is 8.53. The summed E-state index contributed by atoms with van der Waals surface area (Å²) in [4.78, 5) is 26.8. The van der Waals surface area contributed by atoms with Crippen molar-refractivity contribution in [2.45, 2.75) is 39.3 Å². The Bertz CT molecular complexity index is 1170. The summed E-state index contributed by atoms with van der Waals surface area (Å²) < 4.78 is 55.6. The Morgan fingerprint density at radius 3 is 2.22 bits per heavy atom. The number of carbonyl (C=O) groups excluding carboxylic acids is 2. The van der Waals surface area contributed by atoms with Crippen molar-refractivity contribution in [3.63, 3.8) is 0 Å². The van der Waals surface area contributed by atoms with Crippen LogP contribution in [0.4, 0.5) is 28.9 Å². The number of benzene rings is 2. The van der Waals surface area contributed by atoms with Crippen molar-refractivity contribution in [3.8, 4) is 6.07 Å². The maximum atomic E-state index is 15.1. The van der Waals surface area contributed by atoms with Gasteiger partial charge in [0, 0.05) is 32.1 Å². The predicted molar refractivity (Wildman–Crippen MR) is 133 cm³/mol. The van der Waals surface area contributed by atoms with Crippen molar-refractivity contribution in [1.29, 1.82) is 5.26 Å². The van der Waals surface area contributed by atoms with Crippen LogP contribution < -0.4 is 10.2 Å². The molecule has 2 aromatic rings. The molecule has 2 amide bonds. The molecule has 0 aromatic heterocycles. The molecule has 2 rings (SSSR count). The van der Waals surface area contributed by atoms with Gasteiger partial charge in [0.2, 0.25) is 11.8 Å². The number of anilines is 2. The Labute approximate surface area is 212 Å². The lowest BCUT2D eigenvalue weighted by Gasteiger charge is -2.27. The van der Waals surface area contributed by atoms with Gasteiger partial charge in [-0.2, -0.15) is 18.4 Å². The van der Waals surface area contributed by atoms with Gasteiger partial charge < -0.3 is 10.2 Å². The third kappa shape index (κ3) is 7.01. The van der Waals surface area contributed by atoms with Crippen LogP contribution in [0.3, 0.4) is 0 Å². The maximum absolute atomic E-state index is 15.1. The Morgan fingerprint density at radius 1 is 1.11 bits per heavy atom. The molecule has 2 aromatic carbocycles. The third-order valence-electron chi connectivity index (χ3n) is 5.24. The fourth-order valence-corrected chi connectivity index (χ4v) is 3.60. The quantitative estimate of drug-likeness (QED) is 0.383. The summed E-state index contributed by atoms with van der Waals surface area (Å²) >= 11 is 5.29. The number of hydrogen-bond donors (Lipinski definition) is 1. The SMILES string of the molecule is CC(C)C(=O)N(C(=S)Nc1ccc(CCCC(=O)N(C)C)cc1)c1ccc(C#N)c(C(F)(F)F)c1F. The highest BCUT2D eigenvalue weighted by molar-refractivity contribution is 7.80. The van der Waals surface area contributed by atoms with Crippen molar-refractivity contribution in [2.75, 3.05) is 24.3 Å². The topological polar surface area (TPSA) is 76.4 Å². The molecule has 0 bridgehead atoms. The number of carbonyl (C=O) groups is 2. The second kappa shape index (κ2) is 11.9. The Kier molecular flexibility index (Phi) is 9.53. The van der Waals surface area contributed by atoms with Gasteiger partial charge in [0.05, 0.1) is 17.3 Å². The first kappa shape index (κ1) is 28.7. The molecule has 0 heterocycles. The van der Waals surface area contributed by atoms with Gasteiger partial charge >= 0.3 is 6.18 Å².